The summed E-state index contributed by atoms with van der Waals surface area (Å²) in [5.74, 6) is 1.13. The first kappa shape index (κ1) is 18.9. The Kier molecular flexibility index (Phi) is 5.01. The number of hydrogen-bond donors (Lipinski definition) is 0. The molecule has 0 radical (unpaired) electrons. The van der Waals surface area contributed by atoms with Crippen molar-refractivity contribution in [3.05, 3.63) is 77.6 Å². The highest BCUT2D eigenvalue weighted by atomic mass is 15.3. The summed E-state index contributed by atoms with van der Waals surface area (Å²) < 4.78 is 1.91. The van der Waals surface area contributed by atoms with Crippen molar-refractivity contribution in [1.29, 1.82) is 0 Å². The predicted octanol–water partition coefficient (Wildman–Crippen LogP) is 4.18. The van der Waals surface area contributed by atoms with E-state index in [1.807, 2.05) is 29.9 Å². The average Bonchev–Trinajstić information content (AvgIpc) is 3.24. The lowest BCUT2D eigenvalue weighted by Crippen LogP contribution is -2.35. The fraction of sp³-hybridized carbons (Fsp3) is 0.333. The van der Waals surface area contributed by atoms with Crippen LogP contribution in [-0.2, 0) is 6.54 Å². The number of pyridine rings is 1. The van der Waals surface area contributed by atoms with Gasteiger partial charge in [0, 0.05) is 37.1 Å². The number of rotatable bonds is 4. The molecule has 0 saturated carbocycles. The van der Waals surface area contributed by atoms with Gasteiger partial charge >= 0.3 is 0 Å². The summed E-state index contributed by atoms with van der Waals surface area (Å²) in [5.41, 5.74) is 7.34. The van der Waals surface area contributed by atoms with Gasteiger partial charge in [0.2, 0.25) is 0 Å². The third-order valence-electron chi connectivity index (χ3n) is 6.07. The van der Waals surface area contributed by atoms with Crippen molar-refractivity contribution in [3.8, 4) is 11.1 Å². The molecular formula is C24H26N6. The lowest BCUT2D eigenvalue weighted by atomic mass is 9.93. The minimum absolute atomic E-state index is 0.437. The molecule has 1 atom stereocenters. The Morgan fingerprint density at radius 1 is 1.10 bits per heavy atom. The van der Waals surface area contributed by atoms with Crippen LogP contribution in [-0.4, -0.2) is 42.6 Å². The summed E-state index contributed by atoms with van der Waals surface area (Å²) in [5, 5.41) is 4.42. The van der Waals surface area contributed by atoms with Crippen LogP contribution < -0.4 is 0 Å². The Bertz CT molecular complexity index is 1170. The first-order valence-corrected chi connectivity index (χ1v) is 10.6. The molecule has 1 fully saturated rings. The van der Waals surface area contributed by atoms with Gasteiger partial charge in [-0.15, -0.1) is 0 Å². The molecule has 0 amide bonds. The quantitative estimate of drug-likeness (QED) is 0.516. The maximum absolute atomic E-state index is 4.50. The summed E-state index contributed by atoms with van der Waals surface area (Å²) in [7, 11) is 0. The van der Waals surface area contributed by atoms with Gasteiger partial charge in [-0.2, -0.15) is 10.1 Å². The molecule has 30 heavy (non-hydrogen) atoms. The summed E-state index contributed by atoms with van der Waals surface area (Å²) in [4.78, 5) is 15.6. The highest BCUT2D eigenvalue weighted by Gasteiger charge is 2.25. The standard InChI is InChI=1S/C24H26N6/c1-17-7-8-19(20-5-3-9-25-13-20)12-22(17)15-29-10-4-6-21(14-29)23-11-18(2)28-24-26-16-27-30(23)24/h3,5,7-9,11-13,16,21H,4,6,10,14-15H2,1-2H3. The molecule has 1 aliphatic heterocycles. The highest BCUT2D eigenvalue weighted by Crippen LogP contribution is 2.29. The molecule has 1 aliphatic rings. The number of nitrogens with zero attached hydrogens (tertiary/aromatic N) is 6. The third kappa shape index (κ3) is 3.71. The number of aromatic nitrogens is 5. The van der Waals surface area contributed by atoms with Crippen LogP contribution in [0.2, 0.25) is 0 Å². The lowest BCUT2D eigenvalue weighted by Gasteiger charge is -2.33. The second kappa shape index (κ2) is 7.95. The molecule has 6 nitrogen and oxygen atoms in total. The first-order valence-electron chi connectivity index (χ1n) is 10.6. The van der Waals surface area contributed by atoms with Crippen LogP contribution >= 0.6 is 0 Å². The van der Waals surface area contributed by atoms with E-state index in [4.69, 9.17) is 0 Å². The van der Waals surface area contributed by atoms with Gasteiger partial charge in [0.1, 0.15) is 6.33 Å². The predicted molar refractivity (Wildman–Crippen MR) is 117 cm³/mol. The van der Waals surface area contributed by atoms with Crippen LogP contribution in [0.3, 0.4) is 0 Å². The number of hydrogen-bond acceptors (Lipinski definition) is 5. The van der Waals surface area contributed by atoms with Gasteiger partial charge in [-0.3, -0.25) is 9.88 Å². The molecular weight excluding hydrogens is 372 g/mol. The van der Waals surface area contributed by atoms with E-state index < -0.39 is 0 Å². The largest absolute Gasteiger partial charge is 0.298 e. The highest BCUT2D eigenvalue weighted by molar-refractivity contribution is 5.63. The molecule has 4 aromatic rings. The number of likely N-dealkylation sites (tertiary alicyclic amines) is 1. The Hall–Kier alpha value is -3.12. The number of benzene rings is 1. The minimum Gasteiger partial charge on any atom is -0.298 e. The van der Waals surface area contributed by atoms with Crippen molar-refractivity contribution in [2.24, 2.45) is 0 Å². The van der Waals surface area contributed by atoms with Crippen LogP contribution in [0.25, 0.3) is 16.9 Å². The molecule has 0 bridgehead atoms. The van der Waals surface area contributed by atoms with Crippen LogP contribution in [0.4, 0.5) is 0 Å². The molecule has 152 valence electrons. The Morgan fingerprint density at radius 2 is 2.03 bits per heavy atom. The molecule has 0 aliphatic carbocycles. The summed E-state index contributed by atoms with van der Waals surface area (Å²) >= 11 is 0. The fourth-order valence-corrected chi connectivity index (χ4v) is 4.49. The van der Waals surface area contributed by atoms with Crippen LogP contribution in [0, 0.1) is 13.8 Å². The Balaban J connectivity index is 1.39. The van der Waals surface area contributed by atoms with Crippen LogP contribution in [0.5, 0.6) is 0 Å². The Labute approximate surface area is 176 Å². The maximum atomic E-state index is 4.50. The maximum Gasteiger partial charge on any atom is 0.252 e. The zero-order valence-electron chi connectivity index (χ0n) is 17.5. The van der Waals surface area contributed by atoms with E-state index in [0.717, 1.165) is 30.9 Å². The molecule has 4 heterocycles. The molecule has 6 heteroatoms. The van der Waals surface area contributed by atoms with Gasteiger partial charge in [-0.25, -0.2) is 9.50 Å². The molecule has 3 aromatic heterocycles. The van der Waals surface area contributed by atoms with Crippen molar-refractivity contribution in [2.75, 3.05) is 13.1 Å². The number of fused-ring (bicyclic) bond motifs is 1. The fourth-order valence-electron chi connectivity index (χ4n) is 4.49. The van der Waals surface area contributed by atoms with Gasteiger partial charge in [0.25, 0.3) is 5.78 Å². The number of piperidine rings is 1. The first-order chi connectivity index (χ1) is 14.7. The van der Waals surface area contributed by atoms with Crippen molar-refractivity contribution in [1.82, 2.24) is 29.5 Å². The van der Waals surface area contributed by atoms with E-state index >= 15 is 0 Å². The monoisotopic (exact) mass is 398 g/mol. The van der Waals surface area contributed by atoms with Crippen molar-refractivity contribution in [2.45, 2.75) is 39.2 Å². The smallest absolute Gasteiger partial charge is 0.252 e. The minimum atomic E-state index is 0.437. The molecule has 1 unspecified atom stereocenters. The zero-order valence-corrected chi connectivity index (χ0v) is 17.5. The summed E-state index contributed by atoms with van der Waals surface area (Å²) in [6, 6.07) is 13.0. The van der Waals surface area contributed by atoms with E-state index in [9.17, 15) is 0 Å². The van der Waals surface area contributed by atoms with Gasteiger partial charge in [0.15, 0.2) is 0 Å². The van der Waals surface area contributed by atoms with Crippen molar-refractivity contribution in [3.63, 3.8) is 0 Å². The topological polar surface area (TPSA) is 59.2 Å². The Morgan fingerprint density at radius 3 is 2.90 bits per heavy atom. The van der Waals surface area contributed by atoms with E-state index in [-0.39, 0.29) is 0 Å². The second-order valence-electron chi connectivity index (χ2n) is 8.25. The van der Waals surface area contributed by atoms with E-state index in [1.165, 1.54) is 35.2 Å². The van der Waals surface area contributed by atoms with Crippen molar-refractivity contribution < 1.29 is 0 Å². The van der Waals surface area contributed by atoms with Gasteiger partial charge in [-0.05, 0) is 73.7 Å². The molecule has 5 rings (SSSR count). The van der Waals surface area contributed by atoms with Gasteiger partial charge in [0.05, 0.1) is 5.69 Å². The van der Waals surface area contributed by atoms with Gasteiger partial charge < -0.3 is 0 Å². The lowest BCUT2D eigenvalue weighted by molar-refractivity contribution is 0.197. The van der Waals surface area contributed by atoms with Crippen molar-refractivity contribution >= 4 is 5.78 Å². The van der Waals surface area contributed by atoms with E-state index in [2.05, 4.69) is 62.2 Å². The normalized spacial score (nSPS) is 17.5. The average molecular weight is 399 g/mol. The summed E-state index contributed by atoms with van der Waals surface area (Å²) in [6.07, 6.45) is 7.70. The molecule has 1 saturated heterocycles. The van der Waals surface area contributed by atoms with E-state index in [1.54, 1.807) is 6.33 Å². The summed E-state index contributed by atoms with van der Waals surface area (Å²) in [6.45, 7) is 7.34. The van der Waals surface area contributed by atoms with Crippen LogP contribution in [0.1, 0.15) is 41.3 Å². The molecule has 1 aromatic carbocycles. The SMILES string of the molecule is Cc1cc(C2CCCN(Cc3cc(-c4cccnc4)ccc3C)C2)n2ncnc2n1. The molecule has 0 spiro atoms. The van der Waals surface area contributed by atoms with Crippen LogP contribution in [0.15, 0.2) is 55.1 Å². The van der Waals surface area contributed by atoms with Gasteiger partial charge in [-0.1, -0.05) is 18.2 Å². The molecule has 0 N–H and O–H groups in total. The number of aryl methyl sites for hydroxylation is 2. The zero-order chi connectivity index (χ0) is 20.5. The second-order valence-corrected chi connectivity index (χ2v) is 8.25. The third-order valence-corrected chi connectivity index (χ3v) is 6.07. The van der Waals surface area contributed by atoms with E-state index in [0.29, 0.717) is 11.7 Å².